The normalized spacial score (nSPS) is 22.0. The average molecular weight is 502 g/mol. The van der Waals surface area contributed by atoms with E-state index in [9.17, 15) is 4.79 Å². The van der Waals surface area contributed by atoms with Crippen molar-refractivity contribution in [3.8, 4) is 5.75 Å². The second kappa shape index (κ2) is 9.60. The summed E-state index contributed by atoms with van der Waals surface area (Å²) in [5.41, 5.74) is 4.95. The molecule has 1 amide bonds. The summed E-state index contributed by atoms with van der Waals surface area (Å²) in [6.45, 7) is 9.23. The summed E-state index contributed by atoms with van der Waals surface area (Å²) < 4.78 is 13.5. The second-order valence-corrected chi connectivity index (χ2v) is 10.0. The maximum atomic E-state index is 13.5. The smallest absolute Gasteiger partial charge is 0.257 e. The number of hydrogen-bond donors (Lipinski definition) is 2. The Morgan fingerprint density at radius 2 is 1.92 bits per heavy atom. The predicted molar refractivity (Wildman–Crippen MR) is 142 cm³/mol. The number of anilines is 2. The Labute approximate surface area is 215 Å². The molecule has 2 fully saturated rings. The van der Waals surface area contributed by atoms with E-state index in [1.54, 1.807) is 12.4 Å². The maximum Gasteiger partial charge on any atom is 0.257 e. The van der Waals surface area contributed by atoms with Crippen molar-refractivity contribution in [3.63, 3.8) is 0 Å². The minimum absolute atomic E-state index is 0.0334. The van der Waals surface area contributed by atoms with Crippen LogP contribution in [0.2, 0.25) is 0 Å². The number of carbonyl (C=O) groups excluding carboxylic acids is 1. The van der Waals surface area contributed by atoms with Gasteiger partial charge in [0.2, 0.25) is 0 Å². The van der Waals surface area contributed by atoms with Gasteiger partial charge in [-0.15, -0.1) is 0 Å². The number of fused-ring (bicyclic) bond motifs is 2. The second-order valence-electron chi connectivity index (χ2n) is 10.0. The van der Waals surface area contributed by atoms with Crippen molar-refractivity contribution in [3.05, 3.63) is 54.2 Å². The molecule has 2 N–H and O–H groups in total. The Morgan fingerprint density at radius 3 is 2.68 bits per heavy atom. The minimum atomic E-state index is -0.259. The first kappa shape index (κ1) is 23.6. The Hall–Kier alpha value is -3.76. The lowest BCUT2D eigenvalue weighted by Crippen LogP contribution is -2.54. The number of hydrogen-bond acceptors (Lipinski definition) is 8. The van der Waals surface area contributed by atoms with Crippen LogP contribution in [0.25, 0.3) is 16.7 Å². The fraction of sp³-hybridized carbons (Fsp3) is 0.407. The first-order chi connectivity index (χ1) is 17.9. The van der Waals surface area contributed by atoms with Crippen LogP contribution in [0, 0.1) is 6.92 Å². The number of nitrogens with one attached hydrogen (secondary N) is 2. The number of carbonyl (C=O) groups is 1. The summed E-state index contributed by atoms with van der Waals surface area (Å²) in [7, 11) is 0. The molecule has 1 aromatic carbocycles. The van der Waals surface area contributed by atoms with E-state index in [-0.39, 0.29) is 12.0 Å². The molecule has 6 rings (SSSR count). The van der Waals surface area contributed by atoms with Crippen LogP contribution < -0.4 is 20.3 Å². The number of nitrogens with zero attached hydrogens (tertiary/aromatic N) is 5. The highest BCUT2D eigenvalue weighted by Crippen LogP contribution is 2.30. The first-order valence-corrected chi connectivity index (χ1v) is 12.7. The monoisotopic (exact) mass is 501 g/mol. The summed E-state index contributed by atoms with van der Waals surface area (Å²) in [6, 6.07) is 6.35. The number of aryl methyl sites for hydroxylation is 1. The van der Waals surface area contributed by atoms with Gasteiger partial charge < -0.3 is 29.4 Å². The summed E-state index contributed by atoms with van der Waals surface area (Å²) in [6.07, 6.45) is 7.85. The SMILES string of the molecule is Cc1cn2cc(NC(=O)c3ccc(N4C[C@@H](C)N[C@@H](C)C4)c4nccnc34)cc(OC3CCOC3)c2n1. The molecule has 3 aromatic heterocycles. The van der Waals surface area contributed by atoms with Crippen molar-refractivity contribution in [2.24, 2.45) is 0 Å². The largest absolute Gasteiger partial charge is 0.484 e. The molecule has 0 bridgehead atoms. The van der Waals surface area contributed by atoms with Crippen molar-refractivity contribution < 1.29 is 14.3 Å². The maximum absolute atomic E-state index is 13.5. The number of piperazine rings is 1. The van der Waals surface area contributed by atoms with Crippen LogP contribution >= 0.6 is 0 Å². The van der Waals surface area contributed by atoms with E-state index < -0.39 is 0 Å². The van der Waals surface area contributed by atoms with Gasteiger partial charge >= 0.3 is 0 Å². The molecular weight excluding hydrogens is 470 g/mol. The topological polar surface area (TPSA) is 106 Å². The Morgan fingerprint density at radius 1 is 1.14 bits per heavy atom. The van der Waals surface area contributed by atoms with E-state index >= 15 is 0 Å². The van der Waals surface area contributed by atoms with Gasteiger partial charge in [0.15, 0.2) is 11.4 Å². The molecule has 4 aromatic rings. The summed E-state index contributed by atoms with van der Waals surface area (Å²) in [5, 5.41) is 6.60. The van der Waals surface area contributed by atoms with Gasteiger partial charge in [0.25, 0.3) is 5.91 Å². The van der Waals surface area contributed by atoms with Crippen LogP contribution in [0.1, 0.15) is 36.3 Å². The van der Waals surface area contributed by atoms with Gasteiger partial charge in [-0.25, -0.2) is 4.98 Å². The zero-order chi connectivity index (χ0) is 25.5. The Bertz CT molecular complexity index is 1450. The third-order valence-electron chi connectivity index (χ3n) is 6.82. The molecule has 0 spiro atoms. The lowest BCUT2D eigenvalue weighted by molar-refractivity contribution is 0.102. The van der Waals surface area contributed by atoms with Crippen LogP contribution in [0.3, 0.4) is 0 Å². The van der Waals surface area contributed by atoms with Gasteiger partial charge in [-0.2, -0.15) is 0 Å². The summed E-state index contributed by atoms with van der Waals surface area (Å²) in [5.74, 6) is 0.355. The number of benzene rings is 1. The molecule has 37 heavy (non-hydrogen) atoms. The van der Waals surface area contributed by atoms with E-state index in [0.29, 0.717) is 53.5 Å². The lowest BCUT2D eigenvalue weighted by atomic mass is 10.1. The molecule has 0 saturated carbocycles. The zero-order valence-corrected chi connectivity index (χ0v) is 21.3. The fourth-order valence-electron chi connectivity index (χ4n) is 5.33. The Kier molecular flexibility index (Phi) is 6.13. The molecule has 2 aliphatic rings. The molecule has 3 atom stereocenters. The standard InChI is InChI=1S/C27H31N7O3/c1-16-11-33(12-17(2)30-16)22-5-4-21(24-25(22)29-8-7-28-24)27(35)32-19-10-23(37-20-6-9-36-15-20)26-31-18(3)13-34(26)14-19/h4-5,7-8,10,13-14,16-17,20,30H,6,9,11-12,15H2,1-3H3,(H,32,35)/t16-,17+,20?. The number of amides is 1. The number of imidazole rings is 1. The number of aromatic nitrogens is 4. The van der Waals surface area contributed by atoms with Gasteiger partial charge in [-0.05, 0) is 32.9 Å². The van der Waals surface area contributed by atoms with E-state index in [4.69, 9.17) is 9.47 Å². The molecule has 10 nitrogen and oxygen atoms in total. The predicted octanol–water partition coefficient (Wildman–Crippen LogP) is 3.19. The van der Waals surface area contributed by atoms with Crippen LogP contribution in [-0.2, 0) is 4.74 Å². The van der Waals surface area contributed by atoms with Gasteiger partial charge in [0.05, 0.1) is 35.8 Å². The molecule has 0 radical (unpaired) electrons. The van der Waals surface area contributed by atoms with Gasteiger partial charge in [-0.1, -0.05) is 0 Å². The summed E-state index contributed by atoms with van der Waals surface area (Å²) >= 11 is 0. The number of pyridine rings is 1. The van der Waals surface area contributed by atoms with E-state index in [1.807, 2.05) is 41.9 Å². The molecule has 2 saturated heterocycles. The molecule has 10 heteroatoms. The third-order valence-corrected chi connectivity index (χ3v) is 6.82. The van der Waals surface area contributed by atoms with Crippen LogP contribution in [0.15, 0.2) is 43.0 Å². The Balaban J connectivity index is 1.32. The highest BCUT2D eigenvalue weighted by molar-refractivity contribution is 6.13. The average Bonchev–Trinajstić information content (AvgIpc) is 3.51. The highest BCUT2D eigenvalue weighted by atomic mass is 16.5. The van der Waals surface area contributed by atoms with Crippen molar-refractivity contribution in [2.45, 2.75) is 45.4 Å². The van der Waals surface area contributed by atoms with Gasteiger partial charge in [-0.3, -0.25) is 14.8 Å². The highest BCUT2D eigenvalue weighted by Gasteiger charge is 2.25. The van der Waals surface area contributed by atoms with E-state index in [2.05, 4.69) is 44.3 Å². The van der Waals surface area contributed by atoms with Gasteiger partial charge in [0.1, 0.15) is 17.1 Å². The van der Waals surface area contributed by atoms with Crippen LogP contribution in [-0.4, -0.2) is 69.8 Å². The number of ether oxygens (including phenoxy) is 2. The minimum Gasteiger partial charge on any atom is -0.484 e. The molecule has 5 heterocycles. The molecule has 1 unspecified atom stereocenters. The van der Waals surface area contributed by atoms with Gasteiger partial charge in [0, 0.05) is 62.4 Å². The van der Waals surface area contributed by atoms with E-state index in [0.717, 1.165) is 36.4 Å². The molecule has 2 aliphatic heterocycles. The number of rotatable bonds is 5. The summed E-state index contributed by atoms with van der Waals surface area (Å²) in [4.78, 5) is 29.6. The fourth-order valence-corrected chi connectivity index (χ4v) is 5.33. The lowest BCUT2D eigenvalue weighted by Gasteiger charge is -2.38. The first-order valence-electron chi connectivity index (χ1n) is 12.7. The van der Waals surface area contributed by atoms with Crippen LogP contribution in [0.5, 0.6) is 5.75 Å². The van der Waals surface area contributed by atoms with Crippen molar-refractivity contribution in [1.29, 1.82) is 0 Å². The van der Waals surface area contributed by atoms with Crippen molar-refractivity contribution >= 4 is 34.0 Å². The van der Waals surface area contributed by atoms with E-state index in [1.165, 1.54) is 0 Å². The quantitative estimate of drug-likeness (QED) is 0.430. The van der Waals surface area contributed by atoms with Crippen molar-refractivity contribution in [1.82, 2.24) is 24.7 Å². The van der Waals surface area contributed by atoms with Crippen LogP contribution in [0.4, 0.5) is 11.4 Å². The van der Waals surface area contributed by atoms with Crippen molar-refractivity contribution in [2.75, 3.05) is 36.5 Å². The zero-order valence-electron chi connectivity index (χ0n) is 21.3. The molecular formula is C27H31N7O3. The molecule has 0 aliphatic carbocycles. The third kappa shape index (κ3) is 4.70. The molecule has 192 valence electrons.